The molecule has 0 unspecified atom stereocenters. The predicted octanol–water partition coefficient (Wildman–Crippen LogP) is 3.81. The summed E-state index contributed by atoms with van der Waals surface area (Å²) in [5.74, 6) is 0.425. The summed E-state index contributed by atoms with van der Waals surface area (Å²) in [5.41, 5.74) is 1.19. The molecular weight excluding hydrogens is 376 g/mol. The molecule has 1 aromatic heterocycles. The van der Waals surface area contributed by atoms with Crippen molar-refractivity contribution in [3.8, 4) is 5.75 Å². The smallest absolute Gasteiger partial charge is 0.272 e. The fraction of sp³-hybridized carbons (Fsp3) is 0.154. The van der Waals surface area contributed by atoms with Crippen LogP contribution in [0.15, 0.2) is 39.4 Å². The van der Waals surface area contributed by atoms with Crippen LogP contribution in [-0.2, 0) is 7.05 Å². The van der Waals surface area contributed by atoms with Crippen molar-refractivity contribution in [1.82, 2.24) is 4.57 Å². The highest BCUT2D eigenvalue weighted by Crippen LogP contribution is 2.28. The molecule has 0 aliphatic rings. The molecule has 2 rings (SSSR count). The number of nitrogens with one attached hydrogen (secondary N) is 1. The van der Waals surface area contributed by atoms with Crippen molar-refractivity contribution in [3.05, 3.63) is 45.1 Å². The Morgan fingerprint density at radius 2 is 2.00 bits per heavy atom. The molecule has 6 heteroatoms. The number of benzene rings is 1. The van der Waals surface area contributed by atoms with E-state index in [1.165, 1.54) is 0 Å². The van der Waals surface area contributed by atoms with Crippen LogP contribution in [-0.4, -0.2) is 17.6 Å². The van der Waals surface area contributed by atoms with Crippen LogP contribution >= 0.6 is 31.9 Å². The number of hydrogen-bond donors (Lipinski definition) is 1. The first-order valence-corrected chi connectivity index (χ1v) is 7.06. The molecule has 0 aliphatic heterocycles. The first kappa shape index (κ1) is 14.1. The van der Waals surface area contributed by atoms with Gasteiger partial charge in [0.05, 0.1) is 12.8 Å². The lowest BCUT2D eigenvalue weighted by molar-refractivity contribution is 0.101. The summed E-state index contributed by atoms with van der Waals surface area (Å²) in [6, 6.07) is 7.21. The Morgan fingerprint density at radius 3 is 2.58 bits per heavy atom. The second-order valence-corrected chi connectivity index (χ2v) is 5.78. The molecule has 0 fully saturated rings. The summed E-state index contributed by atoms with van der Waals surface area (Å²) >= 11 is 6.71. The Balaban J connectivity index is 2.28. The van der Waals surface area contributed by atoms with Gasteiger partial charge in [0.2, 0.25) is 0 Å². The largest absolute Gasteiger partial charge is 0.495 e. The maximum absolute atomic E-state index is 12.2. The van der Waals surface area contributed by atoms with Crippen molar-refractivity contribution in [2.24, 2.45) is 7.05 Å². The number of halogens is 2. The third-order valence-corrected chi connectivity index (χ3v) is 3.54. The van der Waals surface area contributed by atoms with Crippen LogP contribution in [0.3, 0.4) is 0 Å². The number of hydrogen-bond acceptors (Lipinski definition) is 2. The van der Waals surface area contributed by atoms with Gasteiger partial charge in [0.15, 0.2) is 0 Å². The van der Waals surface area contributed by atoms with Gasteiger partial charge in [-0.25, -0.2) is 0 Å². The van der Waals surface area contributed by atoms with Crippen LogP contribution < -0.4 is 10.1 Å². The standard InChI is InChI=1S/C13H12Br2N2O2/c1-17-7-9(15)6-11(17)13(18)16-10-5-8(14)3-4-12(10)19-2/h3-7H,1-2H3,(H,16,18). The molecule has 0 bridgehead atoms. The Labute approximate surface area is 128 Å². The van der Waals surface area contributed by atoms with Gasteiger partial charge in [0.1, 0.15) is 11.4 Å². The predicted molar refractivity (Wildman–Crippen MR) is 81.8 cm³/mol. The van der Waals surface area contributed by atoms with E-state index in [0.717, 1.165) is 8.95 Å². The average molecular weight is 388 g/mol. The van der Waals surface area contributed by atoms with Crippen LogP contribution in [0.1, 0.15) is 10.5 Å². The summed E-state index contributed by atoms with van der Waals surface area (Å²) in [7, 11) is 3.38. The van der Waals surface area contributed by atoms with Gasteiger partial charge in [0.25, 0.3) is 5.91 Å². The molecule has 0 aliphatic carbocycles. The summed E-state index contributed by atoms with van der Waals surface area (Å²) < 4.78 is 8.71. The van der Waals surface area contributed by atoms with Gasteiger partial charge >= 0.3 is 0 Å². The highest BCUT2D eigenvalue weighted by atomic mass is 79.9. The van der Waals surface area contributed by atoms with Gasteiger partial charge in [-0.2, -0.15) is 0 Å². The van der Waals surface area contributed by atoms with Crippen molar-refractivity contribution in [3.63, 3.8) is 0 Å². The first-order valence-electron chi connectivity index (χ1n) is 5.48. The molecule has 1 N–H and O–H groups in total. The molecule has 0 spiro atoms. The Bertz CT molecular complexity index is 623. The number of rotatable bonds is 3. The van der Waals surface area contributed by atoms with E-state index >= 15 is 0 Å². The van der Waals surface area contributed by atoms with E-state index in [-0.39, 0.29) is 5.91 Å². The molecule has 1 aromatic carbocycles. The second-order valence-electron chi connectivity index (χ2n) is 3.95. The maximum atomic E-state index is 12.2. The van der Waals surface area contributed by atoms with Crippen LogP contribution in [0, 0.1) is 0 Å². The van der Waals surface area contributed by atoms with Crippen molar-refractivity contribution in [1.29, 1.82) is 0 Å². The van der Waals surface area contributed by atoms with E-state index in [9.17, 15) is 4.79 Å². The lowest BCUT2D eigenvalue weighted by Crippen LogP contribution is -2.15. The van der Waals surface area contributed by atoms with Crippen molar-refractivity contribution in [2.75, 3.05) is 12.4 Å². The SMILES string of the molecule is COc1ccc(Br)cc1NC(=O)c1cc(Br)cn1C. The number of carbonyl (C=O) groups is 1. The average Bonchev–Trinajstić information content (AvgIpc) is 2.69. The van der Waals surface area contributed by atoms with E-state index in [1.54, 1.807) is 29.9 Å². The van der Waals surface area contributed by atoms with Gasteiger partial charge in [-0.15, -0.1) is 0 Å². The third kappa shape index (κ3) is 3.19. The van der Waals surface area contributed by atoms with E-state index in [1.807, 2.05) is 19.3 Å². The van der Waals surface area contributed by atoms with Crippen LogP contribution in [0.4, 0.5) is 5.69 Å². The third-order valence-electron chi connectivity index (χ3n) is 2.61. The van der Waals surface area contributed by atoms with Crippen molar-refractivity contribution in [2.45, 2.75) is 0 Å². The molecule has 0 atom stereocenters. The van der Waals surface area contributed by atoms with Gasteiger partial charge < -0.3 is 14.6 Å². The van der Waals surface area contributed by atoms with E-state index < -0.39 is 0 Å². The number of carbonyl (C=O) groups excluding carboxylic acids is 1. The monoisotopic (exact) mass is 386 g/mol. The highest BCUT2D eigenvalue weighted by molar-refractivity contribution is 9.10. The lowest BCUT2D eigenvalue weighted by Gasteiger charge is -2.10. The topological polar surface area (TPSA) is 43.3 Å². The van der Waals surface area contributed by atoms with Crippen LogP contribution in [0.5, 0.6) is 5.75 Å². The molecule has 19 heavy (non-hydrogen) atoms. The number of ether oxygens (including phenoxy) is 1. The summed E-state index contributed by atoms with van der Waals surface area (Å²) in [5, 5.41) is 2.84. The minimum atomic E-state index is -0.190. The van der Waals surface area contributed by atoms with Gasteiger partial charge in [0, 0.05) is 22.2 Å². The zero-order valence-electron chi connectivity index (χ0n) is 10.4. The molecule has 100 valence electrons. The maximum Gasteiger partial charge on any atom is 0.272 e. The Kier molecular flexibility index (Phi) is 4.31. The first-order chi connectivity index (χ1) is 9.01. The Morgan fingerprint density at radius 1 is 1.26 bits per heavy atom. The number of anilines is 1. The molecule has 1 amide bonds. The second kappa shape index (κ2) is 5.79. The number of nitrogens with zero attached hydrogens (tertiary/aromatic N) is 1. The van der Waals surface area contributed by atoms with Gasteiger partial charge in [-0.1, -0.05) is 15.9 Å². The van der Waals surface area contributed by atoms with E-state index in [0.29, 0.717) is 17.1 Å². The number of aromatic nitrogens is 1. The molecule has 0 saturated heterocycles. The number of methoxy groups -OCH3 is 1. The lowest BCUT2D eigenvalue weighted by atomic mass is 10.3. The fourth-order valence-corrected chi connectivity index (χ4v) is 2.60. The van der Waals surface area contributed by atoms with Gasteiger partial charge in [-0.3, -0.25) is 4.79 Å². The number of amides is 1. The van der Waals surface area contributed by atoms with E-state index in [4.69, 9.17) is 4.74 Å². The van der Waals surface area contributed by atoms with Crippen molar-refractivity contribution < 1.29 is 9.53 Å². The quantitative estimate of drug-likeness (QED) is 0.870. The van der Waals surface area contributed by atoms with Crippen LogP contribution in [0.25, 0.3) is 0 Å². The van der Waals surface area contributed by atoms with Gasteiger partial charge in [-0.05, 0) is 40.2 Å². The molecule has 2 aromatic rings. The summed E-state index contributed by atoms with van der Waals surface area (Å²) in [6.45, 7) is 0. The normalized spacial score (nSPS) is 10.3. The minimum Gasteiger partial charge on any atom is -0.495 e. The molecular formula is C13H12Br2N2O2. The highest BCUT2D eigenvalue weighted by Gasteiger charge is 2.13. The summed E-state index contributed by atoms with van der Waals surface area (Å²) in [4.78, 5) is 12.2. The molecule has 1 heterocycles. The zero-order chi connectivity index (χ0) is 14.0. The van der Waals surface area contributed by atoms with Crippen LogP contribution in [0.2, 0.25) is 0 Å². The molecule has 4 nitrogen and oxygen atoms in total. The molecule has 0 radical (unpaired) electrons. The van der Waals surface area contributed by atoms with Crippen molar-refractivity contribution >= 4 is 43.5 Å². The molecule has 0 saturated carbocycles. The zero-order valence-corrected chi connectivity index (χ0v) is 13.6. The number of aryl methyl sites for hydroxylation is 1. The summed E-state index contributed by atoms with van der Waals surface area (Å²) in [6.07, 6.45) is 1.83. The Hall–Kier alpha value is -1.27. The fourth-order valence-electron chi connectivity index (χ4n) is 1.71. The van der Waals surface area contributed by atoms with E-state index in [2.05, 4.69) is 37.2 Å². The minimum absolute atomic E-state index is 0.190.